The van der Waals surface area contributed by atoms with Gasteiger partial charge in [-0.25, -0.2) is 4.79 Å². The fourth-order valence-corrected chi connectivity index (χ4v) is 2.91. The van der Waals surface area contributed by atoms with Gasteiger partial charge in [0.15, 0.2) is 0 Å². The Morgan fingerprint density at radius 1 is 1.33 bits per heavy atom. The molecule has 1 aromatic carbocycles. The number of rotatable bonds is 1. The third-order valence-corrected chi connectivity index (χ3v) is 3.80. The van der Waals surface area contributed by atoms with Gasteiger partial charge in [-0.05, 0) is 31.2 Å². The third kappa shape index (κ3) is 1.52. The summed E-state index contributed by atoms with van der Waals surface area (Å²) in [5.74, 6) is -0.771. The summed E-state index contributed by atoms with van der Waals surface area (Å²) in [5.41, 5.74) is 4.83. The Labute approximate surface area is 106 Å². The molecule has 90 valence electrons. The molecular weight excluding hydrogens is 250 g/mol. The number of carbonyl (C=O) groups excluding carboxylic acids is 1. The molecule has 0 aliphatic rings. The maximum Gasteiger partial charge on any atom is 0.349 e. The van der Waals surface area contributed by atoms with E-state index in [2.05, 4.69) is 0 Å². The van der Waals surface area contributed by atoms with Gasteiger partial charge in [0.1, 0.15) is 11.1 Å². The first-order valence-electron chi connectivity index (χ1n) is 5.33. The summed E-state index contributed by atoms with van der Waals surface area (Å²) in [6, 6.07) is 7.22. The summed E-state index contributed by atoms with van der Waals surface area (Å²) >= 11 is 1.63. The molecule has 2 heterocycles. The Balaban J connectivity index is 2.49. The molecule has 0 saturated heterocycles. The number of hydrogen-bond acceptors (Lipinski definition) is 4. The molecule has 3 rings (SSSR count). The van der Waals surface area contributed by atoms with E-state index in [1.807, 2.05) is 25.1 Å². The second-order valence-electron chi connectivity index (χ2n) is 4.06. The lowest BCUT2D eigenvalue weighted by Crippen LogP contribution is -2.20. The van der Waals surface area contributed by atoms with E-state index in [0.717, 1.165) is 15.0 Å². The minimum atomic E-state index is -0.771. The molecule has 0 aliphatic heterocycles. The number of carbonyl (C=O) groups is 1. The van der Waals surface area contributed by atoms with E-state index in [1.165, 1.54) is 6.07 Å². The highest BCUT2D eigenvalue weighted by atomic mass is 32.1. The van der Waals surface area contributed by atoms with Gasteiger partial charge in [0.2, 0.25) is 0 Å². The fraction of sp³-hybridized carbons (Fsp3) is 0.0769. The maximum absolute atomic E-state index is 11.7. The van der Waals surface area contributed by atoms with Crippen LogP contribution in [0.2, 0.25) is 0 Å². The zero-order valence-corrected chi connectivity index (χ0v) is 10.3. The SMILES string of the molecule is Cc1cc2c(ccc3cc(C(N)=O)c(=O)oc32)s1. The van der Waals surface area contributed by atoms with Crippen LogP contribution in [-0.4, -0.2) is 5.91 Å². The lowest BCUT2D eigenvalue weighted by Gasteiger charge is -2.00. The molecular formula is C13H9NO3S. The van der Waals surface area contributed by atoms with Crippen molar-refractivity contribution in [3.63, 3.8) is 0 Å². The number of amides is 1. The average molecular weight is 259 g/mol. The van der Waals surface area contributed by atoms with Crippen molar-refractivity contribution >= 4 is 38.3 Å². The van der Waals surface area contributed by atoms with E-state index in [1.54, 1.807) is 11.3 Å². The summed E-state index contributed by atoms with van der Waals surface area (Å²) < 4.78 is 6.28. The smallest absolute Gasteiger partial charge is 0.349 e. The van der Waals surface area contributed by atoms with Gasteiger partial charge >= 0.3 is 5.63 Å². The van der Waals surface area contributed by atoms with Crippen molar-refractivity contribution in [2.24, 2.45) is 5.73 Å². The normalized spacial score (nSPS) is 11.2. The molecule has 0 aliphatic carbocycles. The highest BCUT2D eigenvalue weighted by Gasteiger charge is 2.12. The largest absolute Gasteiger partial charge is 0.421 e. The van der Waals surface area contributed by atoms with Crippen molar-refractivity contribution in [3.8, 4) is 0 Å². The second-order valence-corrected chi connectivity index (χ2v) is 5.35. The van der Waals surface area contributed by atoms with Crippen LogP contribution in [0.3, 0.4) is 0 Å². The number of hydrogen-bond donors (Lipinski definition) is 1. The van der Waals surface area contributed by atoms with Crippen LogP contribution in [0.1, 0.15) is 15.2 Å². The minimum Gasteiger partial charge on any atom is -0.421 e. The Bertz CT molecular complexity index is 844. The molecule has 0 saturated carbocycles. The summed E-state index contributed by atoms with van der Waals surface area (Å²) in [6.45, 7) is 1.99. The van der Waals surface area contributed by atoms with E-state index in [9.17, 15) is 9.59 Å². The molecule has 2 aromatic heterocycles. The fourth-order valence-electron chi connectivity index (χ4n) is 1.99. The van der Waals surface area contributed by atoms with Crippen LogP contribution in [-0.2, 0) is 0 Å². The Morgan fingerprint density at radius 2 is 2.11 bits per heavy atom. The monoisotopic (exact) mass is 259 g/mol. The molecule has 2 N–H and O–H groups in total. The number of primary amides is 1. The van der Waals surface area contributed by atoms with Gasteiger partial charge in [0, 0.05) is 20.3 Å². The first-order chi connectivity index (χ1) is 8.56. The van der Waals surface area contributed by atoms with E-state index < -0.39 is 11.5 Å². The molecule has 0 radical (unpaired) electrons. The summed E-state index contributed by atoms with van der Waals surface area (Å²) in [4.78, 5) is 23.9. The molecule has 1 amide bonds. The average Bonchev–Trinajstić information content (AvgIpc) is 2.69. The van der Waals surface area contributed by atoms with Gasteiger partial charge in [-0.2, -0.15) is 0 Å². The van der Waals surface area contributed by atoms with Crippen LogP contribution in [0, 0.1) is 6.92 Å². The second kappa shape index (κ2) is 3.68. The summed E-state index contributed by atoms with van der Waals surface area (Å²) in [5, 5.41) is 1.59. The number of benzene rings is 1. The molecule has 0 atom stereocenters. The van der Waals surface area contributed by atoms with Crippen molar-refractivity contribution in [1.82, 2.24) is 0 Å². The van der Waals surface area contributed by atoms with Crippen LogP contribution in [0.25, 0.3) is 21.1 Å². The molecule has 5 heteroatoms. The van der Waals surface area contributed by atoms with Gasteiger partial charge in [-0.1, -0.05) is 0 Å². The Hall–Kier alpha value is -2.14. The molecule has 4 nitrogen and oxygen atoms in total. The highest BCUT2D eigenvalue weighted by molar-refractivity contribution is 7.19. The lowest BCUT2D eigenvalue weighted by molar-refractivity contribution is 0.0997. The number of nitrogens with two attached hydrogens (primary N) is 1. The van der Waals surface area contributed by atoms with Crippen LogP contribution >= 0.6 is 11.3 Å². The predicted octanol–water partition coefficient (Wildman–Crippen LogP) is 2.42. The number of fused-ring (bicyclic) bond motifs is 3. The van der Waals surface area contributed by atoms with Crippen LogP contribution in [0.4, 0.5) is 0 Å². The molecule has 18 heavy (non-hydrogen) atoms. The molecule has 0 spiro atoms. The first-order valence-corrected chi connectivity index (χ1v) is 6.15. The first kappa shape index (κ1) is 11.0. The van der Waals surface area contributed by atoms with Crippen molar-refractivity contribution in [3.05, 3.63) is 45.1 Å². The van der Waals surface area contributed by atoms with E-state index >= 15 is 0 Å². The van der Waals surface area contributed by atoms with Crippen LogP contribution in [0.15, 0.2) is 33.5 Å². The molecule has 0 unspecified atom stereocenters. The maximum atomic E-state index is 11.7. The van der Waals surface area contributed by atoms with Gasteiger partial charge in [0.05, 0.1) is 0 Å². The Kier molecular flexibility index (Phi) is 2.24. The zero-order valence-electron chi connectivity index (χ0n) is 9.52. The predicted molar refractivity (Wildman–Crippen MR) is 71.1 cm³/mol. The van der Waals surface area contributed by atoms with E-state index in [0.29, 0.717) is 11.0 Å². The van der Waals surface area contributed by atoms with Gasteiger partial charge in [-0.15, -0.1) is 11.3 Å². The third-order valence-electron chi connectivity index (χ3n) is 2.79. The van der Waals surface area contributed by atoms with Gasteiger partial charge in [0.25, 0.3) is 5.91 Å². The highest BCUT2D eigenvalue weighted by Crippen LogP contribution is 2.31. The number of aryl methyl sites for hydroxylation is 1. The van der Waals surface area contributed by atoms with Crippen LogP contribution < -0.4 is 11.4 Å². The quantitative estimate of drug-likeness (QED) is 0.682. The molecule has 0 bridgehead atoms. The van der Waals surface area contributed by atoms with Crippen molar-refractivity contribution in [1.29, 1.82) is 0 Å². The van der Waals surface area contributed by atoms with E-state index in [4.69, 9.17) is 10.2 Å². The summed E-state index contributed by atoms with van der Waals surface area (Å²) in [7, 11) is 0. The molecule has 3 aromatic rings. The lowest BCUT2D eigenvalue weighted by atomic mass is 10.1. The van der Waals surface area contributed by atoms with E-state index in [-0.39, 0.29) is 5.56 Å². The topological polar surface area (TPSA) is 73.3 Å². The number of thiophene rings is 1. The van der Waals surface area contributed by atoms with Crippen molar-refractivity contribution in [2.75, 3.05) is 0 Å². The standard InChI is InChI=1S/C13H9NO3S/c1-6-4-8-10(18-6)3-2-7-5-9(12(14)15)13(16)17-11(7)8/h2-5H,1H3,(H2,14,15). The van der Waals surface area contributed by atoms with Crippen LogP contribution in [0.5, 0.6) is 0 Å². The minimum absolute atomic E-state index is 0.117. The molecule has 0 fully saturated rings. The zero-order chi connectivity index (χ0) is 12.9. The van der Waals surface area contributed by atoms with Gasteiger partial charge < -0.3 is 10.2 Å². The Morgan fingerprint density at radius 3 is 2.83 bits per heavy atom. The van der Waals surface area contributed by atoms with Crippen molar-refractivity contribution < 1.29 is 9.21 Å². The van der Waals surface area contributed by atoms with Gasteiger partial charge in [-0.3, -0.25) is 4.79 Å². The van der Waals surface area contributed by atoms with Crippen molar-refractivity contribution in [2.45, 2.75) is 6.92 Å². The summed E-state index contributed by atoms with van der Waals surface area (Å²) in [6.07, 6.45) is 0.